The molecule has 33 heavy (non-hydrogen) atoms. The first kappa shape index (κ1) is 22.1. The molecule has 3 N–H and O–H groups in total. The van der Waals surface area contributed by atoms with Crippen molar-refractivity contribution in [3.63, 3.8) is 0 Å². The van der Waals surface area contributed by atoms with Crippen LogP contribution in [0, 0.1) is 27.7 Å². The van der Waals surface area contributed by atoms with E-state index < -0.39 is 0 Å². The predicted molar refractivity (Wildman–Crippen MR) is 132 cm³/mol. The highest BCUT2D eigenvalue weighted by molar-refractivity contribution is 5.83. The van der Waals surface area contributed by atoms with Gasteiger partial charge < -0.3 is 25.0 Å². The molecule has 4 rings (SSSR count). The number of aryl methyl sites for hydroxylation is 3. The van der Waals surface area contributed by atoms with Gasteiger partial charge in [-0.3, -0.25) is 0 Å². The van der Waals surface area contributed by atoms with Gasteiger partial charge in [0, 0.05) is 12.1 Å². The first-order chi connectivity index (χ1) is 15.7. The summed E-state index contributed by atoms with van der Waals surface area (Å²) in [6.45, 7) is 7.67. The number of rotatable bonds is 5. The Kier molecular flexibility index (Phi) is 5.88. The molecule has 0 unspecified atom stereocenters. The van der Waals surface area contributed by atoms with E-state index in [-0.39, 0.29) is 17.2 Å². The van der Waals surface area contributed by atoms with Crippen LogP contribution < -0.4 is 9.64 Å². The Labute approximate surface area is 193 Å². The number of phenolic OH excluding ortho intramolecular Hbond substituents is 3. The first-order valence-electron chi connectivity index (χ1n) is 10.7. The van der Waals surface area contributed by atoms with Gasteiger partial charge in [0.2, 0.25) is 0 Å². The van der Waals surface area contributed by atoms with Crippen LogP contribution in [-0.4, -0.2) is 15.3 Å². The fourth-order valence-corrected chi connectivity index (χ4v) is 3.78. The summed E-state index contributed by atoms with van der Waals surface area (Å²) >= 11 is 0. The lowest BCUT2D eigenvalue weighted by atomic mass is 10.1. The van der Waals surface area contributed by atoms with Crippen molar-refractivity contribution in [3.8, 4) is 28.7 Å². The van der Waals surface area contributed by atoms with Crippen LogP contribution in [0.3, 0.4) is 0 Å². The van der Waals surface area contributed by atoms with Gasteiger partial charge in [-0.1, -0.05) is 18.2 Å². The predicted octanol–water partition coefficient (Wildman–Crippen LogP) is 7.30. The summed E-state index contributed by atoms with van der Waals surface area (Å²) in [4.78, 5) is 1.79. The smallest absolute Gasteiger partial charge is 0.139 e. The molecule has 0 spiro atoms. The van der Waals surface area contributed by atoms with Crippen LogP contribution in [0.1, 0.15) is 22.3 Å². The molecule has 0 amide bonds. The number of ether oxygens (including phenoxy) is 1. The van der Waals surface area contributed by atoms with Crippen LogP contribution in [0.2, 0.25) is 0 Å². The maximum Gasteiger partial charge on any atom is 0.139 e. The van der Waals surface area contributed by atoms with Crippen LogP contribution >= 0.6 is 0 Å². The van der Waals surface area contributed by atoms with E-state index in [0.29, 0.717) is 28.6 Å². The van der Waals surface area contributed by atoms with Crippen LogP contribution in [0.25, 0.3) is 0 Å². The lowest BCUT2D eigenvalue weighted by molar-refractivity contribution is 0.452. The second kappa shape index (κ2) is 8.79. The normalized spacial score (nSPS) is 10.8. The van der Waals surface area contributed by atoms with Crippen LogP contribution in [0.4, 0.5) is 17.1 Å². The summed E-state index contributed by atoms with van der Waals surface area (Å²) in [5.74, 6) is 1.46. The van der Waals surface area contributed by atoms with E-state index in [2.05, 4.69) is 0 Å². The average Bonchev–Trinajstić information content (AvgIpc) is 2.75. The van der Waals surface area contributed by atoms with Crippen molar-refractivity contribution >= 4 is 17.1 Å². The molecule has 4 aromatic carbocycles. The lowest BCUT2D eigenvalue weighted by Crippen LogP contribution is -2.10. The number of phenols is 3. The van der Waals surface area contributed by atoms with Gasteiger partial charge >= 0.3 is 0 Å². The summed E-state index contributed by atoms with van der Waals surface area (Å²) in [6.07, 6.45) is 0. The largest absolute Gasteiger partial charge is 0.508 e. The SMILES string of the molecule is Cc1ccc(N(c2cccc(Oc3cc(O)cc(C)c3C)c2)c2ccc(C)cc2O)c(O)c1. The fraction of sp³-hybridized carbons (Fsp3) is 0.143. The third-order valence-corrected chi connectivity index (χ3v) is 5.65. The molecule has 168 valence electrons. The highest BCUT2D eigenvalue weighted by atomic mass is 16.5. The maximum absolute atomic E-state index is 10.7. The van der Waals surface area contributed by atoms with E-state index in [4.69, 9.17) is 4.74 Å². The van der Waals surface area contributed by atoms with E-state index in [9.17, 15) is 15.3 Å². The zero-order valence-corrected chi connectivity index (χ0v) is 19.1. The highest BCUT2D eigenvalue weighted by Gasteiger charge is 2.20. The fourth-order valence-electron chi connectivity index (χ4n) is 3.78. The molecular weight excluding hydrogens is 414 g/mol. The number of nitrogens with zero attached hydrogens (tertiary/aromatic N) is 1. The van der Waals surface area contributed by atoms with E-state index >= 15 is 0 Å². The summed E-state index contributed by atoms with van der Waals surface area (Å²) in [7, 11) is 0. The molecule has 0 heterocycles. The molecule has 0 aliphatic heterocycles. The molecule has 0 atom stereocenters. The Hall–Kier alpha value is -4.12. The van der Waals surface area contributed by atoms with E-state index in [1.54, 1.807) is 29.2 Å². The van der Waals surface area contributed by atoms with Gasteiger partial charge in [-0.2, -0.15) is 0 Å². The number of hydrogen-bond acceptors (Lipinski definition) is 5. The number of hydrogen-bond donors (Lipinski definition) is 3. The Morgan fingerprint density at radius 1 is 0.667 bits per heavy atom. The Bertz CT molecular complexity index is 1280. The number of aromatic hydroxyl groups is 3. The molecule has 0 bridgehead atoms. The zero-order chi connectivity index (χ0) is 23.7. The Morgan fingerprint density at radius 2 is 1.27 bits per heavy atom. The number of anilines is 3. The third kappa shape index (κ3) is 4.58. The minimum Gasteiger partial charge on any atom is -0.508 e. The first-order valence-corrected chi connectivity index (χ1v) is 10.7. The molecule has 0 fully saturated rings. The standard InChI is InChI=1S/C28H27NO4/c1-17-8-10-24(26(31)12-17)29(25-11-9-18(2)13-27(25)32)21-6-5-7-23(15-21)33-28-16-22(30)14-19(3)20(28)4/h5-16,30-32H,1-4H3. The van der Waals surface area contributed by atoms with Crippen molar-refractivity contribution in [1.82, 2.24) is 0 Å². The van der Waals surface area contributed by atoms with Gasteiger partial charge in [0.15, 0.2) is 0 Å². The van der Waals surface area contributed by atoms with Gasteiger partial charge in [-0.25, -0.2) is 0 Å². The molecule has 5 heteroatoms. The zero-order valence-electron chi connectivity index (χ0n) is 19.1. The minimum absolute atomic E-state index is 0.0979. The van der Waals surface area contributed by atoms with E-state index in [1.807, 2.05) is 76.2 Å². The molecule has 0 radical (unpaired) electrons. The van der Waals surface area contributed by atoms with Crippen molar-refractivity contribution in [2.45, 2.75) is 27.7 Å². The quantitative estimate of drug-likeness (QED) is 0.303. The molecule has 0 saturated heterocycles. The van der Waals surface area contributed by atoms with Crippen LogP contribution in [0.5, 0.6) is 28.7 Å². The van der Waals surface area contributed by atoms with Gasteiger partial charge in [-0.15, -0.1) is 0 Å². The van der Waals surface area contributed by atoms with Gasteiger partial charge in [0.25, 0.3) is 0 Å². The molecule has 0 aliphatic carbocycles. The lowest BCUT2D eigenvalue weighted by Gasteiger charge is -2.27. The Morgan fingerprint density at radius 3 is 1.85 bits per heavy atom. The van der Waals surface area contributed by atoms with E-state index in [1.165, 1.54) is 0 Å². The molecule has 0 aromatic heterocycles. The maximum atomic E-state index is 10.7. The monoisotopic (exact) mass is 441 g/mol. The summed E-state index contributed by atoms with van der Waals surface area (Å²) in [6, 6.07) is 21.5. The molecule has 5 nitrogen and oxygen atoms in total. The highest BCUT2D eigenvalue weighted by Crippen LogP contribution is 2.45. The van der Waals surface area contributed by atoms with Crippen molar-refractivity contribution in [1.29, 1.82) is 0 Å². The molecular formula is C28H27NO4. The van der Waals surface area contributed by atoms with E-state index in [0.717, 1.165) is 22.3 Å². The summed E-state index contributed by atoms with van der Waals surface area (Å²) < 4.78 is 6.12. The van der Waals surface area contributed by atoms with Crippen LogP contribution in [-0.2, 0) is 0 Å². The second-order valence-electron chi connectivity index (χ2n) is 8.30. The second-order valence-corrected chi connectivity index (χ2v) is 8.30. The minimum atomic E-state index is 0.0979. The van der Waals surface area contributed by atoms with Crippen LogP contribution in [0.15, 0.2) is 72.8 Å². The molecule has 0 aliphatic rings. The van der Waals surface area contributed by atoms with Gasteiger partial charge in [0.05, 0.1) is 17.1 Å². The summed E-state index contributed by atoms with van der Waals surface area (Å²) in [5, 5.41) is 31.5. The Balaban J connectivity index is 1.83. The molecule has 4 aromatic rings. The van der Waals surface area contributed by atoms with Gasteiger partial charge in [0.1, 0.15) is 28.7 Å². The topological polar surface area (TPSA) is 73.2 Å². The van der Waals surface area contributed by atoms with Crippen molar-refractivity contribution < 1.29 is 20.1 Å². The van der Waals surface area contributed by atoms with Crippen molar-refractivity contribution in [2.75, 3.05) is 4.90 Å². The average molecular weight is 442 g/mol. The number of benzene rings is 4. The van der Waals surface area contributed by atoms with Crippen molar-refractivity contribution in [2.24, 2.45) is 0 Å². The summed E-state index contributed by atoms with van der Waals surface area (Å²) in [5.41, 5.74) is 5.47. The van der Waals surface area contributed by atoms with Gasteiger partial charge in [-0.05, 0) is 92.4 Å². The third-order valence-electron chi connectivity index (χ3n) is 5.65. The molecule has 0 saturated carbocycles. The van der Waals surface area contributed by atoms with Crippen molar-refractivity contribution in [3.05, 3.63) is 95.1 Å².